The standard InChI is InChI=1S/C10H14/c1-4-10-8(2)6-5-7-9(10)3/h4-8H,1-3H3/b10-4+. The van der Waals surface area contributed by atoms with E-state index in [4.69, 9.17) is 0 Å². The van der Waals surface area contributed by atoms with Crippen LogP contribution in [0.3, 0.4) is 0 Å². The van der Waals surface area contributed by atoms with Gasteiger partial charge in [0.15, 0.2) is 0 Å². The predicted molar refractivity (Wildman–Crippen MR) is 45.8 cm³/mol. The molecule has 0 heterocycles. The number of hydrogen-bond donors (Lipinski definition) is 0. The Labute approximate surface area is 62.9 Å². The quantitative estimate of drug-likeness (QED) is 0.477. The maximum Gasteiger partial charge on any atom is -0.000796 e. The van der Waals surface area contributed by atoms with Crippen LogP contribution in [0.2, 0.25) is 0 Å². The first-order valence-corrected chi connectivity index (χ1v) is 3.77. The normalized spacial score (nSPS) is 28.9. The highest BCUT2D eigenvalue weighted by Gasteiger charge is 2.07. The van der Waals surface area contributed by atoms with Crippen LogP contribution < -0.4 is 0 Å². The van der Waals surface area contributed by atoms with E-state index in [1.54, 1.807) is 0 Å². The molecule has 0 saturated carbocycles. The van der Waals surface area contributed by atoms with Gasteiger partial charge in [-0.15, -0.1) is 0 Å². The van der Waals surface area contributed by atoms with Crippen LogP contribution in [0.1, 0.15) is 20.8 Å². The predicted octanol–water partition coefficient (Wildman–Crippen LogP) is 3.08. The van der Waals surface area contributed by atoms with Crippen LogP contribution in [0, 0.1) is 5.92 Å². The summed E-state index contributed by atoms with van der Waals surface area (Å²) in [5, 5.41) is 0. The van der Waals surface area contributed by atoms with Crippen LogP contribution in [0.5, 0.6) is 0 Å². The molecule has 0 N–H and O–H groups in total. The molecule has 0 amide bonds. The Hall–Kier alpha value is -0.780. The van der Waals surface area contributed by atoms with E-state index >= 15 is 0 Å². The number of hydrogen-bond acceptors (Lipinski definition) is 0. The van der Waals surface area contributed by atoms with Crippen molar-refractivity contribution in [1.82, 2.24) is 0 Å². The van der Waals surface area contributed by atoms with Crippen molar-refractivity contribution in [3.63, 3.8) is 0 Å². The van der Waals surface area contributed by atoms with Crippen molar-refractivity contribution in [2.24, 2.45) is 5.92 Å². The van der Waals surface area contributed by atoms with Gasteiger partial charge in [-0.25, -0.2) is 0 Å². The van der Waals surface area contributed by atoms with Crippen molar-refractivity contribution in [3.05, 3.63) is 35.5 Å². The Kier molecular flexibility index (Phi) is 2.10. The summed E-state index contributed by atoms with van der Waals surface area (Å²) in [4.78, 5) is 0. The average Bonchev–Trinajstić information content (AvgIpc) is 1.88. The molecule has 1 rings (SSSR count). The lowest BCUT2D eigenvalue weighted by atomic mass is 9.90. The summed E-state index contributed by atoms with van der Waals surface area (Å²) >= 11 is 0. The zero-order valence-electron chi connectivity index (χ0n) is 6.89. The minimum absolute atomic E-state index is 0.606. The van der Waals surface area contributed by atoms with E-state index in [1.165, 1.54) is 11.1 Å². The number of allylic oxidation sites excluding steroid dienone is 6. The van der Waals surface area contributed by atoms with Gasteiger partial charge in [-0.2, -0.15) is 0 Å². The first-order chi connectivity index (χ1) is 4.75. The summed E-state index contributed by atoms with van der Waals surface area (Å²) in [5.74, 6) is 0.606. The lowest BCUT2D eigenvalue weighted by molar-refractivity contribution is 0.859. The molecule has 1 aliphatic carbocycles. The molecule has 10 heavy (non-hydrogen) atoms. The highest BCUT2D eigenvalue weighted by molar-refractivity contribution is 5.39. The first kappa shape index (κ1) is 7.33. The van der Waals surface area contributed by atoms with Gasteiger partial charge in [-0.3, -0.25) is 0 Å². The lowest BCUT2D eigenvalue weighted by Gasteiger charge is -2.15. The smallest absolute Gasteiger partial charge is 0.000796 e. The first-order valence-electron chi connectivity index (χ1n) is 3.77. The molecule has 0 fully saturated rings. The van der Waals surface area contributed by atoms with Crippen LogP contribution in [0.4, 0.5) is 0 Å². The fraction of sp³-hybridized carbons (Fsp3) is 0.400. The molecule has 0 nitrogen and oxygen atoms in total. The third-order valence-electron chi connectivity index (χ3n) is 2.00. The maximum absolute atomic E-state index is 2.22. The summed E-state index contributed by atoms with van der Waals surface area (Å²) in [6, 6.07) is 0. The van der Waals surface area contributed by atoms with Gasteiger partial charge in [0.1, 0.15) is 0 Å². The minimum Gasteiger partial charge on any atom is -0.0836 e. The van der Waals surface area contributed by atoms with Gasteiger partial charge < -0.3 is 0 Å². The van der Waals surface area contributed by atoms with E-state index in [0.717, 1.165) is 0 Å². The minimum atomic E-state index is 0.606. The van der Waals surface area contributed by atoms with Crippen molar-refractivity contribution in [2.45, 2.75) is 20.8 Å². The van der Waals surface area contributed by atoms with E-state index in [-0.39, 0.29) is 0 Å². The molecule has 54 valence electrons. The fourth-order valence-corrected chi connectivity index (χ4v) is 1.42. The summed E-state index contributed by atoms with van der Waals surface area (Å²) in [5.41, 5.74) is 2.86. The van der Waals surface area contributed by atoms with Crippen LogP contribution in [0.25, 0.3) is 0 Å². The molecule has 0 aromatic carbocycles. The van der Waals surface area contributed by atoms with Gasteiger partial charge in [0.05, 0.1) is 0 Å². The Bertz CT molecular complexity index is 204. The van der Waals surface area contributed by atoms with E-state index in [0.29, 0.717) is 5.92 Å². The second-order valence-electron chi connectivity index (χ2n) is 2.77. The highest BCUT2D eigenvalue weighted by atomic mass is 14.1. The molecule has 0 aliphatic heterocycles. The van der Waals surface area contributed by atoms with Crippen molar-refractivity contribution in [2.75, 3.05) is 0 Å². The van der Waals surface area contributed by atoms with Gasteiger partial charge in [0.25, 0.3) is 0 Å². The van der Waals surface area contributed by atoms with Gasteiger partial charge in [0.2, 0.25) is 0 Å². The third kappa shape index (κ3) is 1.21. The summed E-state index contributed by atoms with van der Waals surface area (Å²) < 4.78 is 0. The van der Waals surface area contributed by atoms with Gasteiger partial charge >= 0.3 is 0 Å². The van der Waals surface area contributed by atoms with Crippen molar-refractivity contribution >= 4 is 0 Å². The molecule has 0 aromatic rings. The molecule has 0 radical (unpaired) electrons. The van der Waals surface area contributed by atoms with Gasteiger partial charge in [-0.05, 0) is 30.9 Å². The molecule has 0 saturated heterocycles. The highest BCUT2D eigenvalue weighted by Crippen LogP contribution is 2.23. The van der Waals surface area contributed by atoms with Gasteiger partial charge in [-0.1, -0.05) is 31.2 Å². The summed E-state index contributed by atoms with van der Waals surface area (Å²) in [7, 11) is 0. The third-order valence-corrected chi connectivity index (χ3v) is 2.00. The summed E-state index contributed by atoms with van der Waals surface area (Å²) in [6.45, 7) is 6.49. The second kappa shape index (κ2) is 2.87. The van der Waals surface area contributed by atoms with Crippen molar-refractivity contribution in [1.29, 1.82) is 0 Å². The monoisotopic (exact) mass is 134 g/mol. The summed E-state index contributed by atoms with van der Waals surface area (Å²) in [6.07, 6.45) is 8.71. The number of rotatable bonds is 0. The molecule has 0 spiro atoms. The molecule has 1 unspecified atom stereocenters. The largest absolute Gasteiger partial charge is 0.0836 e. The van der Waals surface area contributed by atoms with Crippen LogP contribution in [-0.4, -0.2) is 0 Å². The molecule has 0 bridgehead atoms. The van der Waals surface area contributed by atoms with E-state index in [2.05, 4.69) is 45.1 Å². The molecular weight excluding hydrogens is 120 g/mol. The molecule has 1 aliphatic rings. The average molecular weight is 134 g/mol. The van der Waals surface area contributed by atoms with E-state index in [1.807, 2.05) is 0 Å². The second-order valence-corrected chi connectivity index (χ2v) is 2.77. The molecule has 0 aromatic heterocycles. The topological polar surface area (TPSA) is 0 Å². The SMILES string of the molecule is C/C=C1/C(C)=CC=CC1C. The maximum atomic E-state index is 2.22. The van der Waals surface area contributed by atoms with E-state index < -0.39 is 0 Å². The van der Waals surface area contributed by atoms with Crippen LogP contribution in [-0.2, 0) is 0 Å². The Morgan fingerprint density at radius 2 is 2.20 bits per heavy atom. The Balaban J connectivity index is 2.93. The zero-order valence-corrected chi connectivity index (χ0v) is 6.89. The fourth-order valence-electron chi connectivity index (χ4n) is 1.42. The Morgan fingerprint density at radius 3 is 2.60 bits per heavy atom. The van der Waals surface area contributed by atoms with Crippen molar-refractivity contribution in [3.8, 4) is 0 Å². The zero-order chi connectivity index (χ0) is 7.56. The molecule has 1 atom stereocenters. The lowest BCUT2D eigenvalue weighted by Crippen LogP contribution is -1.99. The van der Waals surface area contributed by atoms with Crippen LogP contribution >= 0.6 is 0 Å². The van der Waals surface area contributed by atoms with Crippen LogP contribution in [0.15, 0.2) is 35.5 Å². The van der Waals surface area contributed by atoms with Crippen molar-refractivity contribution < 1.29 is 0 Å². The van der Waals surface area contributed by atoms with E-state index in [9.17, 15) is 0 Å². The Morgan fingerprint density at radius 1 is 1.50 bits per heavy atom. The van der Waals surface area contributed by atoms with Gasteiger partial charge in [0, 0.05) is 0 Å². The molecule has 0 heteroatoms. The molecular formula is C10H14.